The van der Waals surface area contributed by atoms with Crippen LogP contribution < -0.4 is 0 Å². The molecular weight excluding hydrogens is 609 g/mol. The third kappa shape index (κ3) is 4.56. The van der Waals surface area contributed by atoms with Crippen molar-refractivity contribution in [2.24, 2.45) is 0 Å². The van der Waals surface area contributed by atoms with Crippen molar-refractivity contribution in [3.63, 3.8) is 0 Å². The van der Waals surface area contributed by atoms with E-state index in [1.54, 1.807) is 0 Å². The summed E-state index contributed by atoms with van der Waals surface area (Å²) in [4.78, 5) is 5.39. The fraction of sp³-hybridized carbons (Fsp3) is 0. The third-order valence-electron chi connectivity index (χ3n) is 9.79. The van der Waals surface area contributed by atoms with E-state index in [4.69, 9.17) is 9.40 Å². The number of aromatic nitrogens is 2. The second kappa shape index (κ2) is 11.5. The van der Waals surface area contributed by atoms with Crippen molar-refractivity contribution in [2.45, 2.75) is 0 Å². The van der Waals surface area contributed by atoms with Gasteiger partial charge in [-0.2, -0.15) is 0 Å². The summed E-state index contributed by atoms with van der Waals surface area (Å²) in [5.41, 5.74) is 13.6. The van der Waals surface area contributed by atoms with Gasteiger partial charge in [-0.25, -0.2) is 4.98 Å². The van der Waals surface area contributed by atoms with Crippen molar-refractivity contribution < 1.29 is 4.42 Å². The highest BCUT2D eigenvalue weighted by Crippen LogP contribution is 2.42. The molecule has 0 amide bonds. The minimum Gasteiger partial charge on any atom is -0.455 e. The minimum absolute atomic E-state index is 0.846. The Kier molecular flexibility index (Phi) is 6.49. The number of nitrogens with zero attached hydrogens (tertiary/aromatic N) is 2. The zero-order valence-corrected chi connectivity index (χ0v) is 27.1. The van der Waals surface area contributed by atoms with Gasteiger partial charge in [0.25, 0.3) is 0 Å². The normalized spacial score (nSPS) is 11.6. The summed E-state index contributed by atoms with van der Waals surface area (Å²) < 4.78 is 8.95. The fourth-order valence-electron chi connectivity index (χ4n) is 7.51. The van der Waals surface area contributed by atoms with Gasteiger partial charge in [-0.15, -0.1) is 0 Å². The summed E-state index contributed by atoms with van der Waals surface area (Å²) in [7, 11) is 0. The lowest BCUT2D eigenvalue weighted by Gasteiger charge is -2.14. The number of hydrogen-bond acceptors (Lipinski definition) is 2. The van der Waals surface area contributed by atoms with E-state index in [0.717, 1.165) is 66.8 Å². The number of para-hydroxylation sites is 5. The largest absolute Gasteiger partial charge is 0.455 e. The third-order valence-corrected chi connectivity index (χ3v) is 9.79. The average Bonchev–Trinajstić information content (AvgIpc) is 3.75. The van der Waals surface area contributed by atoms with Crippen molar-refractivity contribution in [3.8, 4) is 50.5 Å². The zero-order chi connectivity index (χ0) is 33.0. The van der Waals surface area contributed by atoms with Crippen molar-refractivity contribution in [3.05, 3.63) is 182 Å². The summed E-state index contributed by atoms with van der Waals surface area (Å²) in [5.74, 6) is 0. The van der Waals surface area contributed by atoms with Gasteiger partial charge in [-0.05, 0) is 65.2 Å². The van der Waals surface area contributed by atoms with Crippen molar-refractivity contribution in [2.75, 3.05) is 0 Å². The van der Waals surface area contributed by atoms with Gasteiger partial charge < -0.3 is 8.98 Å². The number of furan rings is 1. The molecule has 0 fully saturated rings. The van der Waals surface area contributed by atoms with Crippen LogP contribution in [0.15, 0.2) is 186 Å². The Morgan fingerprint density at radius 2 is 1.02 bits per heavy atom. The quantitative estimate of drug-likeness (QED) is 0.188. The van der Waals surface area contributed by atoms with Crippen molar-refractivity contribution >= 4 is 43.7 Å². The molecule has 0 aliphatic carbocycles. The molecule has 3 nitrogen and oxygen atoms in total. The van der Waals surface area contributed by atoms with E-state index in [2.05, 4.69) is 174 Å². The van der Waals surface area contributed by atoms with Crippen LogP contribution in [0.3, 0.4) is 0 Å². The van der Waals surface area contributed by atoms with Gasteiger partial charge in [0.15, 0.2) is 0 Å². The molecule has 0 saturated carbocycles. The fourth-order valence-corrected chi connectivity index (χ4v) is 7.51. The first-order valence-electron chi connectivity index (χ1n) is 17.0. The lowest BCUT2D eigenvalue weighted by atomic mass is 9.96. The lowest BCUT2D eigenvalue weighted by Crippen LogP contribution is -1.96. The van der Waals surface area contributed by atoms with Gasteiger partial charge in [0.2, 0.25) is 0 Å². The first kappa shape index (κ1) is 28.3. The molecule has 234 valence electrons. The molecule has 0 aliphatic rings. The molecule has 0 bridgehead atoms. The summed E-state index contributed by atoms with van der Waals surface area (Å²) >= 11 is 0. The molecule has 0 unspecified atom stereocenters. The maximum atomic E-state index is 6.55. The average molecular weight is 639 g/mol. The molecule has 10 aromatic rings. The Hall–Kier alpha value is -6.71. The summed E-state index contributed by atoms with van der Waals surface area (Å²) in [5, 5.41) is 4.63. The molecule has 10 rings (SSSR count). The Bertz CT molecular complexity index is 2860. The topological polar surface area (TPSA) is 31.0 Å². The van der Waals surface area contributed by atoms with Gasteiger partial charge >= 0.3 is 0 Å². The molecule has 0 N–H and O–H groups in total. The second-order valence-corrected chi connectivity index (χ2v) is 12.7. The van der Waals surface area contributed by atoms with Crippen molar-refractivity contribution in [1.82, 2.24) is 9.55 Å². The number of rotatable bonds is 5. The van der Waals surface area contributed by atoms with Crippen LogP contribution in [0.1, 0.15) is 0 Å². The van der Waals surface area contributed by atoms with Crippen LogP contribution in [-0.2, 0) is 0 Å². The summed E-state index contributed by atoms with van der Waals surface area (Å²) in [6.07, 6.45) is 0. The van der Waals surface area contributed by atoms with Gasteiger partial charge in [-0.1, -0.05) is 133 Å². The van der Waals surface area contributed by atoms with Gasteiger partial charge in [0, 0.05) is 43.9 Å². The number of pyridine rings is 1. The molecule has 3 aromatic heterocycles. The Labute approximate surface area is 289 Å². The smallest absolute Gasteiger partial charge is 0.144 e. The molecule has 50 heavy (non-hydrogen) atoms. The van der Waals surface area contributed by atoms with E-state index in [-0.39, 0.29) is 0 Å². The SMILES string of the molecule is c1ccc(-c2cccc(-c3cc(-c4cccc5c6ccccc6n(-c6ccccc6)c45)cc(-c4cccc5c4oc4ccccc45)n3)c2)cc1. The highest BCUT2D eigenvalue weighted by Gasteiger charge is 2.20. The molecule has 7 aromatic carbocycles. The molecule has 0 aliphatic heterocycles. The summed E-state index contributed by atoms with van der Waals surface area (Å²) in [6.45, 7) is 0. The van der Waals surface area contributed by atoms with Gasteiger partial charge in [-0.3, -0.25) is 0 Å². The molecule has 0 atom stereocenters. The van der Waals surface area contributed by atoms with Crippen LogP contribution in [-0.4, -0.2) is 9.55 Å². The minimum atomic E-state index is 0.846. The first-order valence-corrected chi connectivity index (χ1v) is 17.0. The van der Waals surface area contributed by atoms with Crippen LogP contribution in [0.2, 0.25) is 0 Å². The van der Waals surface area contributed by atoms with Crippen LogP contribution in [0.5, 0.6) is 0 Å². The summed E-state index contributed by atoms with van der Waals surface area (Å²) in [6, 6.07) is 64.3. The lowest BCUT2D eigenvalue weighted by molar-refractivity contribution is 0.670. The molecule has 3 heterocycles. The maximum Gasteiger partial charge on any atom is 0.144 e. The van der Waals surface area contributed by atoms with Crippen molar-refractivity contribution in [1.29, 1.82) is 0 Å². The molecule has 0 radical (unpaired) electrons. The Morgan fingerprint density at radius 1 is 0.400 bits per heavy atom. The predicted octanol–water partition coefficient (Wildman–Crippen LogP) is 12.7. The van der Waals surface area contributed by atoms with Crippen LogP contribution in [0.4, 0.5) is 0 Å². The Morgan fingerprint density at radius 3 is 1.88 bits per heavy atom. The predicted molar refractivity (Wildman–Crippen MR) is 208 cm³/mol. The molecule has 3 heteroatoms. The van der Waals surface area contributed by atoms with Crippen LogP contribution >= 0.6 is 0 Å². The van der Waals surface area contributed by atoms with E-state index in [1.807, 2.05) is 12.1 Å². The van der Waals surface area contributed by atoms with Crippen LogP contribution in [0.25, 0.3) is 94.2 Å². The zero-order valence-electron chi connectivity index (χ0n) is 27.1. The van der Waals surface area contributed by atoms with Gasteiger partial charge in [0.05, 0.1) is 22.4 Å². The molecule has 0 saturated heterocycles. The highest BCUT2D eigenvalue weighted by atomic mass is 16.3. The monoisotopic (exact) mass is 638 g/mol. The number of benzene rings is 7. The number of fused-ring (bicyclic) bond motifs is 6. The van der Waals surface area contributed by atoms with E-state index < -0.39 is 0 Å². The molecular formula is C47H30N2O. The highest BCUT2D eigenvalue weighted by molar-refractivity contribution is 6.14. The van der Waals surface area contributed by atoms with Crippen LogP contribution in [0, 0.1) is 0 Å². The maximum absolute atomic E-state index is 6.55. The van der Waals surface area contributed by atoms with E-state index >= 15 is 0 Å². The van der Waals surface area contributed by atoms with Gasteiger partial charge in [0.1, 0.15) is 11.2 Å². The number of hydrogen-bond donors (Lipinski definition) is 0. The van der Waals surface area contributed by atoms with E-state index in [1.165, 1.54) is 27.4 Å². The Balaban J connectivity index is 1.27. The van der Waals surface area contributed by atoms with E-state index in [9.17, 15) is 0 Å². The second-order valence-electron chi connectivity index (χ2n) is 12.7. The van der Waals surface area contributed by atoms with E-state index in [0.29, 0.717) is 0 Å². The molecule has 0 spiro atoms. The standard InChI is InChI=1S/C47H30N2O/c1-3-14-31(15-4-1)32-16-11-17-33(28-32)42-29-34(30-43(48-42)41-25-13-24-40-38-21-8-10-27-45(38)50-47(40)41)36-22-12-23-39-37-20-7-9-26-44(37)49(46(36)39)35-18-5-2-6-19-35/h1-30H. The first-order chi connectivity index (χ1) is 24.8.